The number of rotatable bonds is 18. The van der Waals surface area contributed by atoms with E-state index in [2.05, 4.69) is 85.5 Å². The first-order valence-electron chi connectivity index (χ1n) is 40.5. The van der Waals surface area contributed by atoms with Crippen molar-refractivity contribution >= 4 is 101 Å². The summed E-state index contributed by atoms with van der Waals surface area (Å²) in [4.78, 5) is 82.7. The number of aromatic nitrogens is 9. The predicted molar refractivity (Wildman–Crippen MR) is 466 cm³/mol. The second-order valence-corrected chi connectivity index (χ2v) is 31.0. The largest absolute Gasteiger partial charge is 1.00 e. The summed E-state index contributed by atoms with van der Waals surface area (Å²) in [5, 5.41) is 52.1. The fourth-order valence-electron chi connectivity index (χ4n) is 17.6. The SMILES string of the molecule is C.CCn1nnc2c(C)c(C(CC(=O)OC)c3ccc4c(c3)CN(C(=O)c3ccc5ccccc5c3)CC4)ccc21.CCn1nnc2c(C)c([C@@H](CC(=O)O)c3ccc4c(c3)CN(C(=O)c3ccc5ccccc5c3)CC4)ccc21.CCn1nnc2c(C)c([C@H](CC(=O)O)c3ccc4c(c3)CN(C(=O)c3ccc5ccccc5c3)CC4)ccc21.[Li+].[OH-]. The number of hydrogen-bond donors (Lipinski definition) is 2. The van der Waals surface area contributed by atoms with Gasteiger partial charge in [0.15, 0.2) is 0 Å². The number of amides is 3. The van der Waals surface area contributed by atoms with Gasteiger partial charge in [-0.15, -0.1) is 15.3 Å². The molecule has 3 N–H and O–H groups in total. The zero-order valence-electron chi connectivity index (χ0n) is 68.7. The Morgan fingerprint density at radius 2 is 0.661 bits per heavy atom. The minimum atomic E-state index is -0.859. The van der Waals surface area contributed by atoms with E-state index in [-0.39, 0.29) is 92.5 Å². The molecule has 23 heteroatoms. The van der Waals surface area contributed by atoms with Crippen molar-refractivity contribution < 1.29 is 68.1 Å². The van der Waals surface area contributed by atoms with E-state index in [1.54, 1.807) is 0 Å². The van der Waals surface area contributed by atoms with E-state index in [4.69, 9.17) is 4.74 Å². The van der Waals surface area contributed by atoms with E-state index < -0.39 is 11.9 Å². The first kappa shape index (κ1) is 85.9. The molecule has 0 radical (unpaired) electrons. The van der Waals surface area contributed by atoms with Crippen LogP contribution in [-0.2, 0) is 77.7 Å². The van der Waals surface area contributed by atoms with Crippen molar-refractivity contribution in [2.75, 3.05) is 26.7 Å². The van der Waals surface area contributed by atoms with Crippen molar-refractivity contribution in [3.8, 4) is 0 Å². The fourth-order valence-corrected chi connectivity index (χ4v) is 17.6. The smallest absolute Gasteiger partial charge is 0.870 e. The topological polar surface area (TPSA) is 284 Å². The van der Waals surface area contributed by atoms with Gasteiger partial charge in [0.05, 0.1) is 42.9 Å². The number of ether oxygens (including phenoxy) is 1. The Morgan fingerprint density at radius 3 is 0.942 bits per heavy atom. The monoisotopic (exact) mass is 1610 g/mol. The Morgan fingerprint density at radius 1 is 0.372 bits per heavy atom. The summed E-state index contributed by atoms with van der Waals surface area (Å²) >= 11 is 0. The minimum Gasteiger partial charge on any atom is -0.870 e. The van der Waals surface area contributed by atoms with Gasteiger partial charge >= 0.3 is 36.8 Å². The molecule has 0 saturated heterocycles. The molecule has 0 fully saturated rings. The maximum Gasteiger partial charge on any atom is 1.00 e. The number of esters is 1. The second-order valence-electron chi connectivity index (χ2n) is 31.0. The van der Waals surface area contributed by atoms with Crippen molar-refractivity contribution in [1.29, 1.82) is 0 Å². The fraction of sp³-hybridized carbons (Fsp3) is 0.265. The molecule has 3 aromatic heterocycles. The Kier molecular flexibility index (Phi) is 26.3. The molecular formula is C98H97LiN12O10. The number of nitrogens with zero attached hydrogens (tertiary/aromatic N) is 12. The number of aryl methyl sites for hydroxylation is 6. The van der Waals surface area contributed by atoms with Crippen LogP contribution in [0, 0.1) is 20.8 Å². The molecule has 0 bridgehead atoms. The Hall–Kier alpha value is -13.0. The van der Waals surface area contributed by atoms with Crippen LogP contribution in [0.2, 0.25) is 0 Å². The number of aliphatic carboxylic acids is 2. The number of carboxylic acids is 2. The van der Waals surface area contributed by atoms with Crippen molar-refractivity contribution in [2.24, 2.45) is 0 Å². The van der Waals surface area contributed by atoms with Gasteiger partial charge in [-0.05, 0) is 231 Å². The maximum absolute atomic E-state index is 13.5. The molecule has 3 atom stereocenters. The van der Waals surface area contributed by atoms with Crippen molar-refractivity contribution in [2.45, 2.75) is 145 Å². The molecule has 18 rings (SSSR count). The molecule has 0 spiro atoms. The minimum absolute atomic E-state index is 0. The quantitative estimate of drug-likeness (QED) is 0.0596. The van der Waals surface area contributed by atoms with E-state index in [9.17, 15) is 39.0 Å². The summed E-state index contributed by atoms with van der Waals surface area (Å²) in [6.45, 7) is 17.8. The van der Waals surface area contributed by atoms with E-state index in [0.29, 0.717) is 69.0 Å². The van der Waals surface area contributed by atoms with Crippen LogP contribution in [0.3, 0.4) is 0 Å². The standard InChI is InChI=1S/C33H32N4O3.2C32H30N4O3.CH4.Li.H2O/c1-4-37-30-14-13-28(21(2)32(30)34-35-37)29(19-31(38)40-3)25-11-9-23-15-16-36(20-27(23)18-25)33(39)26-12-10-22-7-5-6-8-24(22)17-26;2*1-3-36-29-13-12-27(20(2)31(29)33-34-36)28(18-30(37)38)24-10-8-22-14-15-35(19-26(22)17-24)32(39)25-11-9-21-6-4-5-7-23(21)16-25;;;/h5-14,17-18,29H,4,15-16,19-20H2,1-3H3;2*4-13,16-17,28H,3,14-15,18-19H2,1-2H3,(H,37,38);1H4;;1H2/q;;;;+1;/p-1/t;2*28-;;;/m.10.../s1. The van der Waals surface area contributed by atoms with Crippen LogP contribution >= 0.6 is 0 Å². The first-order chi connectivity index (χ1) is 57.3. The third-order valence-electron chi connectivity index (χ3n) is 24.1. The van der Waals surface area contributed by atoms with Crippen molar-refractivity contribution in [1.82, 2.24) is 59.7 Å². The van der Waals surface area contributed by atoms with Crippen molar-refractivity contribution in [3.63, 3.8) is 0 Å². The van der Waals surface area contributed by atoms with Crippen LogP contribution in [0.15, 0.2) is 218 Å². The number of methoxy groups -OCH3 is 1. The van der Waals surface area contributed by atoms with Crippen LogP contribution in [0.25, 0.3) is 65.4 Å². The first-order valence-corrected chi connectivity index (χ1v) is 40.5. The molecule has 3 amide bonds. The van der Waals surface area contributed by atoms with Gasteiger partial charge in [-0.1, -0.05) is 187 Å². The van der Waals surface area contributed by atoms with Crippen LogP contribution in [0.4, 0.5) is 0 Å². The van der Waals surface area contributed by atoms with Crippen LogP contribution < -0.4 is 18.9 Å². The van der Waals surface area contributed by atoms with Gasteiger partial charge in [0, 0.05) is 93.3 Å². The number of carbonyl (C=O) groups excluding carboxylic acids is 4. The summed E-state index contributed by atoms with van der Waals surface area (Å²) in [7, 11) is 1.42. The predicted octanol–water partition coefficient (Wildman–Crippen LogP) is 14.7. The molecule has 22 nitrogen and oxygen atoms in total. The Labute approximate surface area is 714 Å². The summed E-state index contributed by atoms with van der Waals surface area (Å²) in [6, 6.07) is 72.7. The molecule has 121 heavy (non-hydrogen) atoms. The molecule has 6 heterocycles. The Balaban J connectivity index is 0.000000155. The summed E-state index contributed by atoms with van der Waals surface area (Å²) < 4.78 is 10.7. The van der Waals surface area contributed by atoms with Gasteiger partial charge in [-0.25, -0.2) is 14.0 Å². The van der Waals surface area contributed by atoms with Gasteiger partial charge < -0.3 is 35.1 Å². The molecule has 15 aromatic rings. The molecular weight excluding hydrogens is 1510 g/mol. The van der Waals surface area contributed by atoms with Gasteiger partial charge in [-0.2, -0.15) is 0 Å². The van der Waals surface area contributed by atoms with Crippen LogP contribution in [-0.4, -0.2) is 138 Å². The summed E-state index contributed by atoms with van der Waals surface area (Å²) in [5.41, 5.74) is 23.0. The molecule has 3 aliphatic heterocycles. The zero-order valence-corrected chi connectivity index (χ0v) is 68.7. The molecule has 1 unspecified atom stereocenters. The molecule has 3 aliphatic rings. The third-order valence-corrected chi connectivity index (χ3v) is 24.1. The molecule has 0 saturated carbocycles. The normalized spacial score (nSPS) is 13.6. The number of benzene rings is 12. The average molecular weight is 1610 g/mol. The van der Waals surface area contributed by atoms with E-state index in [1.807, 2.05) is 234 Å². The number of hydrogen-bond acceptors (Lipinski definition) is 14. The van der Waals surface area contributed by atoms with Crippen molar-refractivity contribution in [3.05, 3.63) is 319 Å². The van der Waals surface area contributed by atoms with E-state index >= 15 is 0 Å². The number of carbonyl (C=O) groups is 6. The summed E-state index contributed by atoms with van der Waals surface area (Å²) in [5.74, 6) is -2.81. The van der Waals surface area contributed by atoms with Gasteiger partial charge in [0.2, 0.25) is 0 Å². The van der Waals surface area contributed by atoms with E-state index in [0.717, 1.165) is 158 Å². The molecule has 610 valence electrons. The third kappa shape index (κ3) is 17.6. The molecule has 0 aliphatic carbocycles. The zero-order chi connectivity index (χ0) is 82.0. The average Bonchev–Trinajstić information content (AvgIpc) is 1.70. The summed E-state index contributed by atoms with van der Waals surface area (Å²) in [6.07, 6.45) is 2.47. The Bertz CT molecular complexity index is 6210. The molecule has 12 aromatic carbocycles. The van der Waals surface area contributed by atoms with E-state index in [1.165, 1.54) is 23.8 Å². The van der Waals surface area contributed by atoms with Crippen LogP contribution in [0.5, 0.6) is 0 Å². The number of fused-ring (bicyclic) bond motifs is 9. The maximum atomic E-state index is 13.5. The second kappa shape index (κ2) is 37.1. The van der Waals surface area contributed by atoms with Gasteiger partial charge in [0.1, 0.15) is 16.6 Å². The number of carboxylic acid groups (broad SMARTS) is 2. The van der Waals surface area contributed by atoms with Gasteiger partial charge in [0.25, 0.3) is 17.7 Å². The van der Waals surface area contributed by atoms with Crippen LogP contribution in [0.1, 0.15) is 180 Å². The van der Waals surface area contributed by atoms with Gasteiger partial charge in [-0.3, -0.25) is 28.8 Å².